The van der Waals surface area contributed by atoms with Crippen molar-refractivity contribution in [2.45, 2.75) is 19.5 Å². The first-order valence-electron chi connectivity index (χ1n) is 7.88. The quantitative estimate of drug-likeness (QED) is 0.736. The predicted octanol–water partition coefficient (Wildman–Crippen LogP) is 3.48. The van der Waals surface area contributed by atoms with Crippen molar-refractivity contribution in [2.24, 2.45) is 0 Å². The Morgan fingerprint density at radius 3 is 2.64 bits per heavy atom. The summed E-state index contributed by atoms with van der Waals surface area (Å²) < 4.78 is 1.83. The molecule has 0 aliphatic heterocycles. The Hall–Kier alpha value is -2.86. The van der Waals surface area contributed by atoms with E-state index in [4.69, 9.17) is 11.6 Å². The highest BCUT2D eigenvalue weighted by Gasteiger charge is 2.13. The number of amides is 2. The fourth-order valence-electron chi connectivity index (χ4n) is 2.49. The highest BCUT2D eigenvalue weighted by Crippen LogP contribution is 2.21. The van der Waals surface area contributed by atoms with Crippen LogP contribution in [0.3, 0.4) is 0 Å². The lowest BCUT2D eigenvalue weighted by molar-refractivity contribution is 0.237. The van der Waals surface area contributed by atoms with Gasteiger partial charge in [-0.15, -0.1) is 10.2 Å². The van der Waals surface area contributed by atoms with Gasteiger partial charge in [-0.3, -0.25) is 4.57 Å². The average molecular weight is 356 g/mol. The van der Waals surface area contributed by atoms with Crippen LogP contribution in [-0.4, -0.2) is 20.8 Å². The van der Waals surface area contributed by atoms with Crippen LogP contribution in [0.1, 0.15) is 24.4 Å². The fourth-order valence-corrected chi connectivity index (χ4v) is 2.79. The summed E-state index contributed by atoms with van der Waals surface area (Å²) in [6, 6.07) is 16.6. The molecule has 7 heteroatoms. The first kappa shape index (κ1) is 17.0. The first-order valence-corrected chi connectivity index (χ1v) is 8.26. The largest absolute Gasteiger partial charge is 0.332 e. The molecule has 0 bridgehead atoms. The lowest BCUT2D eigenvalue weighted by Crippen LogP contribution is -2.37. The number of halogens is 1. The van der Waals surface area contributed by atoms with E-state index in [-0.39, 0.29) is 18.6 Å². The highest BCUT2D eigenvalue weighted by molar-refractivity contribution is 6.31. The van der Waals surface area contributed by atoms with E-state index in [1.807, 2.05) is 60.0 Å². The number of para-hydroxylation sites is 1. The van der Waals surface area contributed by atoms with Gasteiger partial charge in [0.1, 0.15) is 6.33 Å². The minimum Gasteiger partial charge on any atom is -0.332 e. The molecule has 2 amide bonds. The Balaban J connectivity index is 1.60. The van der Waals surface area contributed by atoms with Crippen LogP contribution in [0.25, 0.3) is 5.69 Å². The molecular weight excluding hydrogens is 338 g/mol. The number of aromatic nitrogens is 3. The van der Waals surface area contributed by atoms with Gasteiger partial charge in [-0.25, -0.2) is 4.79 Å². The average Bonchev–Trinajstić information content (AvgIpc) is 3.09. The van der Waals surface area contributed by atoms with E-state index in [9.17, 15) is 4.79 Å². The standard InChI is InChI=1S/C18H18ClN5O/c1-13(15-9-5-6-10-16(15)19)22-18(25)20-11-17-23-21-12-24(17)14-7-3-2-4-8-14/h2-10,12-13H,11H2,1H3,(H2,20,22,25). The molecule has 1 heterocycles. The molecule has 6 nitrogen and oxygen atoms in total. The summed E-state index contributed by atoms with van der Waals surface area (Å²) in [7, 11) is 0. The van der Waals surface area contributed by atoms with E-state index < -0.39 is 0 Å². The van der Waals surface area contributed by atoms with Crippen molar-refractivity contribution in [2.75, 3.05) is 0 Å². The molecule has 0 radical (unpaired) electrons. The second-order valence-electron chi connectivity index (χ2n) is 5.52. The van der Waals surface area contributed by atoms with Gasteiger partial charge in [0.15, 0.2) is 5.82 Å². The first-order chi connectivity index (χ1) is 12.1. The molecule has 0 aliphatic carbocycles. The Labute approximate surface area is 150 Å². The molecule has 25 heavy (non-hydrogen) atoms. The van der Waals surface area contributed by atoms with Crippen molar-refractivity contribution in [3.8, 4) is 5.69 Å². The predicted molar refractivity (Wildman–Crippen MR) is 96.6 cm³/mol. The topological polar surface area (TPSA) is 71.8 Å². The van der Waals surface area contributed by atoms with Crippen molar-refractivity contribution >= 4 is 17.6 Å². The lowest BCUT2D eigenvalue weighted by atomic mass is 10.1. The van der Waals surface area contributed by atoms with Gasteiger partial charge >= 0.3 is 6.03 Å². The van der Waals surface area contributed by atoms with E-state index in [0.717, 1.165) is 11.3 Å². The van der Waals surface area contributed by atoms with E-state index in [1.165, 1.54) is 0 Å². The molecule has 0 fully saturated rings. The normalized spacial score (nSPS) is 11.8. The number of carbonyl (C=O) groups is 1. The molecule has 0 saturated carbocycles. The molecule has 2 N–H and O–H groups in total. The van der Waals surface area contributed by atoms with Crippen LogP contribution in [0.15, 0.2) is 60.9 Å². The zero-order chi connectivity index (χ0) is 17.6. The van der Waals surface area contributed by atoms with Crippen LogP contribution >= 0.6 is 11.6 Å². The number of hydrogen-bond donors (Lipinski definition) is 2. The SMILES string of the molecule is CC(NC(=O)NCc1nncn1-c1ccccc1)c1ccccc1Cl. The number of benzene rings is 2. The van der Waals surface area contributed by atoms with Crippen LogP contribution in [0.4, 0.5) is 4.79 Å². The number of nitrogens with one attached hydrogen (secondary N) is 2. The smallest absolute Gasteiger partial charge is 0.315 e. The van der Waals surface area contributed by atoms with Gasteiger partial charge in [-0.1, -0.05) is 48.0 Å². The summed E-state index contributed by atoms with van der Waals surface area (Å²) in [6.45, 7) is 2.14. The summed E-state index contributed by atoms with van der Waals surface area (Å²) >= 11 is 6.16. The third kappa shape index (κ3) is 4.16. The van der Waals surface area contributed by atoms with Crippen molar-refractivity contribution < 1.29 is 4.79 Å². The molecule has 3 aromatic rings. The minimum absolute atomic E-state index is 0.208. The molecular formula is C18H18ClN5O. The molecule has 1 atom stereocenters. The fraction of sp³-hybridized carbons (Fsp3) is 0.167. The van der Waals surface area contributed by atoms with Crippen molar-refractivity contribution in [1.82, 2.24) is 25.4 Å². The van der Waals surface area contributed by atoms with Gasteiger partial charge in [0.05, 0.1) is 12.6 Å². The number of hydrogen-bond acceptors (Lipinski definition) is 3. The Morgan fingerprint density at radius 1 is 1.16 bits per heavy atom. The molecule has 0 aliphatic rings. The van der Waals surface area contributed by atoms with Crippen LogP contribution in [0, 0.1) is 0 Å². The van der Waals surface area contributed by atoms with Gasteiger partial charge in [0.2, 0.25) is 0 Å². The van der Waals surface area contributed by atoms with Crippen LogP contribution in [0.5, 0.6) is 0 Å². The van der Waals surface area contributed by atoms with E-state index in [2.05, 4.69) is 20.8 Å². The third-order valence-electron chi connectivity index (χ3n) is 3.78. The van der Waals surface area contributed by atoms with Crippen LogP contribution in [-0.2, 0) is 6.54 Å². The Morgan fingerprint density at radius 2 is 1.88 bits per heavy atom. The molecule has 1 aromatic heterocycles. The van der Waals surface area contributed by atoms with Crippen LogP contribution < -0.4 is 10.6 Å². The monoisotopic (exact) mass is 355 g/mol. The number of rotatable bonds is 5. The maximum atomic E-state index is 12.2. The Kier molecular flexibility index (Phi) is 5.30. The van der Waals surface area contributed by atoms with Crippen molar-refractivity contribution in [3.63, 3.8) is 0 Å². The third-order valence-corrected chi connectivity index (χ3v) is 4.12. The van der Waals surface area contributed by atoms with E-state index >= 15 is 0 Å². The summed E-state index contributed by atoms with van der Waals surface area (Å²) in [4.78, 5) is 12.2. The summed E-state index contributed by atoms with van der Waals surface area (Å²) in [6.07, 6.45) is 1.62. The minimum atomic E-state index is -0.296. The zero-order valence-electron chi connectivity index (χ0n) is 13.7. The molecule has 1 unspecified atom stereocenters. The maximum absolute atomic E-state index is 12.2. The molecule has 128 valence electrons. The summed E-state index contributed by atoms with van der Waals surface area (Å²) in [5.41, 5.74) is 1.81. The maximum Gasteiger partial charge on any atom is 0.315 e. The number of nitrogens with zero attached hydrogens (tertiary/aromatic N) is 3. The molecule has 0 spiro atoms. The second kappa shape index (κ2) is 7.81. The summed E-state index contributed by atoms with van der Waals surface area (Å²) in [5, 5.41) is 14.3. The van der Waals surface area contributed by atoms with Crippen LogP contribution in [0.2, 0.25) is 5.02 Å². The summed E-state index contributed by atoms with van der Waals surface area (Å²) in [5.74, 6) is 0.645. The van der Waals surface area contributed by atoms with E-state index in [1.54, 1.807) is 12.4 Å². The Bertz CT molecular complexity index is 849. The van der Waals surface area contributed by atoms with Crippen molar-refractivity contribution in [1.29, 1.82) is 0 Å². The zero-order valence-corrected chi connectivity index (χ0v) is 14.4. The number of carbonyl (C=O) groups excluding carboxylic acids is 1. The highest BCUT2D eigenvalue weighted by atomic mass is 35.5. The van der Waals surface area contributed by atoms with Gasteiger partial charge in [-0.05, 0) is 30.7 Å². The molecule has 3 rings (SSSR count). The number of urea groups is 1. The molecule has 0 saturated heterocycles. The van der Waals surface area contributed by atoms with Gasteiger partial charge in [-0.2, -0.15) is 0 Å². The van der Waals surface area contributed by atoms with Crippen molar-refractivity contribution in [3.05, 3.63) is 77.3 Å². The van der Waals surface area contributed by atoms with Gasteiger partial charge in [0, 0.05) is 10.7 Å². The lowest BCUT2D eigenvalue weighted by Gasteiger charge is -2.16. The van der Waals surface area contributed by atoms with Gasteiger partial charge in [0.25, 0.3) is 0 Å². The second-order valence-corrected chi connectivity index (χ2v) is 5.93. The van der Waals surface area contributed by atoms with Gasteiger partial charge < -0.3 is 10.6 Å². The molecule has 2 aromatic carbocycles. The van der Waals surface area contributed by atoms with E-state index in [0.29, 0.717) is 10.8 Å².